The summed E-state index contributed by atoms with van der Waals surface area (Å²) in [6.07, 6.45) is 0. The molecule has 0 aliphatic carbocycles. The maximum atomic E-state index is 12.7. The molecule has 0 saturated carbocycles. The zero-order valence-electron chi connectivity index (χ0n) is 17.4. The Morgan fingerprint density at radius 2 is 1.66 bits per heavy atom. The fourth-order valence-corrected chi connectivity index (χ4v) is 2.68. The molecule has 0 heterocycles. The first-order chi connectivity index (χ1) is 13.9. The van der Waals surface area contributed by atoms with Crippen LogP contribution in [0.4, 0.5) is 0 Å². The number of nitrogens with one attached hydrogen (secondary N) is 1. The van der Waals surface area contributed by atoms with Crippen molar-refractivity contribution in [3.05, 3.63) is 59.7 Å². The molecule has 1 amide bonds. The van der Waals surface area contributed by atoms with E-state index in [9.17, 15) is 9.59 Å². The second-order valence-corrected chi connectivity index (χ2v) is 6.95. The van der Waals surface area contributed by atoms with Crippen LogP contribution in [0.15, 0.2) is 48.5 Å². The van der Waals surface area contributed by atoms with E-state index in [0.717, 1.165) is 5.56 Å². The molecule has 1 N–H and O–H groups in total. The van der Waals surface area contributed by atoms with E-state index in [4.69, 9.17) is 14.2 Å². The van der Waals surface area contributed by atoms with Gasteiger partial charge in [0.25, 0.3) is 5.91 Å². The van der Waals surface area contributed by atoms with Crippen LogP contribution in [0.1, 0.15) is 36.7 Å². The molecule has 2 aromatic carbocycles. The van der Waals surface area contributed by atoms with Gasteiger partial charge in [0, 0.05) is 0 Å². The zero-order chi connectivity index (χ0) is 21.2. The van der Waals surface area contributed by atoms with Crippen molar-refractivity contribution in [1.82, 2.24) is 5.32 Å². The Kier molecular flexibility index (Phi) is 8.52. The van der Waals surface area contributed by atoms with Crippen LogP contribution in [0.5, 0.6) is 11.5 Å². The highest BCUT2D eigenvalue weighted by Crippen LogP contribution is 2.18. The molecule has 0 aliphatic heterocycles. The van der Waals surface area contributed by atoms with Crippen LogP contribution >= 0.6 is 0 Å². The van der Waals surface area contributed by atoms with Gasteiger partial charge in [-0.25, -0.2) is 4.79 Å². The molecule has 0 fully saturated rings. The van der Waals surface area contributed by atoms with Gasteiger partial charge < -0.3 is 19.5 Å². The molecule has 29 heavy (non-hydrogen) atoms. The number of ether oxygens (including phenoxy) is 3. The minimum Gasteiger partial charge on any atom is -0.493 e. The van der Waals surface area contributed by atoms with E-state index in [-0.39, 0.29) is 25.0 Å². The van der Waals surface area contributed by atoms with Gasteiger partial charge in [-0.1, -0.05) is 43.7 Å². The van der Waals surface area contributed by atoms with Crippen molar-refractivity contribution in [3.8, 4) is 11.5 Å². The summed E-state index contributed by atoms with van der Waals surface area (Å²) in [6, 6.07) is 13.8. The van der Waals surface area contributed by atoms with E-state index in [0.29, 0.717) is 23.7 Å². The smallest absolute Gasteiger partial charge is 0.329 e. The van der Waals surface area contributed by atoms with Crippen molar-refractivity contribution in [2.24, 2.45) is 5.92 Å². The molecule has 0 saturated heterocycles. The van der Waals surface area contributed by atoms with Crippen LogP contribution in [0.25, 0.3) is 0 Å². The summed E-state index contributed by atoms with van der Waals surface area (Å²) in [5.74, 6) is 0.196. The Balaban J connectivity index is 1.90. The standard InChI is InChI=1S/C23H29NO5/c1-5-27-20-9-7-6-8-19(20)22(25)24-21(16(2)3)23(26)29-15-14-28-18-12-10-17(4)11-13-18/h6-13,16,21H,5,14-15H2,1-4H3,(H,24,25)/t21-/m0/s1. The highest BCUT2D eigenvalue weighted by Gasteiger charge is 2.27. The zero-order valence-corrected chi connectivity index (χ0v) is 17.4. The SMILES string of the molecule is CCOc1ccccc1C(=O)N[C@H](C(=O)OCCOc1ccc(C)cc1)C(C)C. The molecule has 156 valence electrons. The monoisotopic (exact) mass is 399 g/mol. The maximum Gasteiger partial charge on any atom is 0.329 e. The highest BCUT2D eigenvalue weighted by atomic mass is 16.6. The van der Waals surface area contributed by atoms with E-state index in [1.807, 2.05) is 52.0 Å². The van der Waals surface area contributed by atoms with Crippen molar-refractivity contribution >= 4 is 11.9 Å². The Morgan fingerprint density at radius 1 is 0.966 bits per heavy atom. The third kappa shape index (κ3) is 6.82. The summed E-state index contributed by atoms with van der Waals surface area (Å²) >= 11 is 0. The van der Waals surface area contributed by atoms with Crippen LogP contribution in [-0.2, 0) is 9.53 Å². The Bertz CT molecular complexity index is 801. The highest BCUT2D eigenvalue weighted by molar-refractivity contribution is 5.99. The van der Waals surface area contributed by atoms with Crippen LogP contribution in [-0.4, -0.2) is 37.7 Å². The maximum absolute atomic E-state index is 12.7. The molecule has 0 unspecified atom stereocenters. The number of hydrogen-bond acceptors (Lipinski definition) is 5. The van der Waals surface area contributed by atoms with Gasteiger partial charge in [0.2, 0.25) is 0 Å². The molecule has 2 rings (SSSR count). The molecule has 6 heteroatoms. The molecule has 6 nitrogen and oxygen atoms in total. The lowest BCUT2D eigenvalue weighted by molar-refractivity contribution is -0.147. The minimum absolute atomic E-state index is 0.0985. The number of aryl methyl sites for hydroxylation is 1. The fourth-order valence-electron chi connectivity index (χ4n) is 2.68. The predicted molar refractivity (Wildman–Crippen MR) is 111 cm³/mol. The number of benzene rings is 2. The summed E-state index contributed by atoms with van der Waals surface area (Å²) < 4.78 is 16.4. The lowest BCUT2D eigenvalue weighted by atomic mass is 10.0. The summed E-state index contributed by atoms with van der Waals surface area (Å²) in [6.45, 7) is 8.33. The molecule has 0 aliphatic rings. The van der Waals surface area contributed by atoms with E-state index in [1.54, 1.807) is 24.3 Å². The molecular weight excluding hydrogens is 370 g/mol. The number of amides is 1. The predicted octanol–water partition coefficient (Wildman–Crippen LogP) is 3.77. The van der Waals surface area contributed by atoms with Crippen LogP contribution < -0.4 is 14.8 Å². The van der Waals surface area contributed by atoms with Crippen molar-refractivity contribution < 1.29 is 23.8 Å². The van der Waals surface area contributed by atoms with Crippen LogP contribution in [0.3, 0.4) is 0 Å². The van der Waals surface area contributed by atoms with E-state index in [1.165, 1.54) is 0 Å². The molecule has 0 aromatic heterocycles. The van der Waals surface area contributed by atoms with Crippen molar-refractivity contribution in [2.45, 2.75) is 33.7 Å². The number of carbonyl (C=O) groups excluding carboxylic acids is 2. The number of para-hydroxylation sites is 1. The molecule has 1 atom stereocenters. The quantitative estimate of drug-likeness (QED) is 0.486. The first kappa shape index (κ1) is 22.3. The van der Waals surface area contributed by atoms with Gasteiger partial charge in [-0.3, -0.25) is 4.79 Å². The third-order valence-corrected chi connectivity index (χ3v) is 4.26. The topological polar surface area (TPSA) is 73.9 Å². The number of esters is 1. The molecule has 0 spiro atoms. The van der Waals surface area contributed by atoms with Gasteiger partial charge in [0.05, 0.1) is 12.2 Å². The van der Waals surface area contributed by atoms with Gasteiger partial charge >= 0.3 is 5.97 Å². The van der Waals surface area contributed by atoms with Gasteiger partial charge in [0.1, 0.15) is 30.8 Å². The lowest BCUT2D eigenvalue weighted by Gasteiger charge is -2.21. The van der Waals surface area contributed by atoms with Crippen molar-refractivity contribution in [3.63, 3.8) is 0 Å². The Labute approximate surface area is 172 Å². The summed E-state index contributed by atoms with van der Waals surface area (Å²) in [7, 11) is 0. The average Bonchev–Trinajstić information content (AvgIpc) is 2.70. The first-order valence-corrected chi connectivity index (χ1v) is 9.81. The van der Waals surface area contributed by atoms with Gasteiger partial charge in [0.15, 0.2) is 0 Å². The van der Waals surface area contributed by atoms with Gasteiger partial charge in [-0.05, 0) is 44.0 Å². The fraction of sp³-hybridized carbons (Fsp3) is 0.391. The number of carbonyl (C=O) groups is 2. The summed E-state index contributed by atoms with van der Waals surface area (Å²) in [4.78, 5) is 25.2. The number of rotatable bonds is 10. The molecule has 2 aromatic rings. The van der Waals surface area contributed by atoms with Gasteiger partial charge in [-0.15, -0.1) is 0 Å². The number of hydrogen-bond donors (Lipinski definition) is 1. The average molecular weight is 399 g/mol. The first-order valence-electron chi connectivity index (χ1n) is 9.81. The minimum atomic E-state index is -0.767. The lowest BCUT2D eigenvalue weighted by Crippen LogP contribution is -2.45. The largest absolute Gasteiger partial charge is 0.493 e. The summed E-state index contributed by atoms with van der Waals surface area (Å²) in [5.41, 5.74) is 1.53. The van der Waals surface area contributed by atoms with E-state index >= 15 is 0 Å². The second kappa shape index (κ2) is 11.1. The summed E-state index contributed by atoms with van der Waals surface area (Å²) in [5, 5.41) is 2.76. The van der Waals surface area contributed by atoms with E-state index < -0.39 is 12.0 Å². The Hall–Kier alpha value is -3.02. The van der Waals surface area contributed by atoms with Crippen LogP contribution in [0.2, 0.25) is 0 Å². The second-order valence-electron chi connectivity index (χ2n) is 6.95. The molecule has 0 bridgehead atoms. The van der Waals surface area contributed by atoms with Crippen molar-refractivity contribution in [2.75, 3.05) is 19.8 Å². The van der Waals surface area contributed by atoms with Gasteiger partial charge in [-0.2, -0.15) is 0 Å². The van der Waals surface area contributed by atoms with E-state index in [2.05, 4.69) is 5.32 Å². The Morgan fingerprint density at radius 3 is 2.31 bits per heavy atom. The van der Waals surface area contributed by atoms with Crippen molar-refractivity contribution in [1.29, 1.82) is 0 Å². The molecular formula is C23H29NO5. The molecule has 0 radical (unpaired) electrons. The third-order valence-electron chi connectivity index (χ3n) is 4.26. The normalized spacial score (nSPS) is 11.6. The van der Waals surface area contributed by atoms with Crippen LogP contribution in [0, 0.1) is 12.8 Å².